The van der Waals surface area contributed by atoms with Crippen molar-refractivity contribution in [3.63, 3.8) is 0 Å². The zero-order valence-corrected chi connectivity index (χ0v) is 18.4. The molecule has 0 aliphatic heterocycles. The molecule has 0 atom stereocenters. The lowest BCUT2D eigenvalue weighted by Gasteiger charge is -2.28. The van der Waals surface area contributed by atoms with E-state index in [1.165, 1.54) is 22.3 Å². The number of hydrogen-bond donors (Lipinski definition) is 2. The highest BCUT2D eigenvalue weighted by Gasteiger charge is 2.35. The molecule has 5 rings (SSSR count). The van der Waals surface area contributed by atoms with Gasteiger partial charge in [-0.3, -0.25) is 0 Å². The van der Waals surface area contributed by atoms with E-state index in [-0.39, 0.29) is 18.6 Å². The first-order chi connectivity index (χ1) is 15.5. The van der Waals surface area contributed by atoms with E-state index in [2.05, 4.69) is 61.2 Å². The Labute approximate surface area is 189 Å². The SMILES string of the molecule is CC1(C)c2ccccc2-c2ccc(N(c3ccc(CO)cc3)c3ccc(CO)cc3)cc21. The normalized spacial score (nSPS) is 13.5. The van der Waals surface area contributed by atoms with E-state index < -0.39 is 0 Å². The molecule has 160 valence electrons. The van der Waals surface area contributed by atoms with Crippen LogP contribution < -0.4 is 4.90 Å². The van der Waals surface area contributed by atoms with Gasteiger partial charge >= 0.3 is 0 Å². The topological polar surface area (TPSA) is 43.7 Å². The molecule has 4 aromatic rings. The minimum atomic E-state index is -0.0743. The number of rotatable bonds is 5. The molecule has 0 bridgehead atoms. The lowest BCUT2D eigenvalue weighted by molar-refractivity contribution is 0.281. The van der Waals surface area contributed by atoms with E-state index in [1.54, 1.807) is 0 Å². The van der Waals surface area contributed by atoms with Crippen LogP contribution in [0.2, 0.25) is 0 Å². The maximum Gasteiger partial charge on any atom is 0.0681 e. The van der Waals surface area contributed by atoms with Gasteiger partial charge in [0.15, 0.2) is 0 Å². The molecule has 3 nitrogen and oxygen atoms in total. The van der Waals surface area contributed by atoms with Crippen molar-refractivity contribution < 1.29 is 10.2 Å². The maximum absolute atomic E-state index is 9.47. The van der Waals surface area contributed by atoms with Crippen molar-refractivity contribution in [2.45, 2.75) is 32.5 Å². The fourth-order valence-corrected chi connectivity index (χ4v) is 4.78. The maximum atomic E-state index is 9.47. The number of hydrogen-bond acceptors (Lipinski definition) is 3. The monoisotopic (exact) mass is 421 g/mol. The quantitative estimate of drug-likeness (QED) is 0.389. The summed E-state index contributed by atoms with van der Waals surface area (Å²) in [6.45, 7) is 4.63. The van der Waals surface area contributed by atoms with Crippen molar-refractivity contribution in [3.8, 4) is 11.1 Å². The highest BCUT2D eigenvalue weighted by atomic mass is 16.3. The first kappa shape index (κ1) is 20.5. The summed E-state index contributed by atoms with van der Waals surface area (Å²) in [5.74, 6) is 0. The van der Waals surface area contributed by atoms with Gasteiger partial charge in [0.25, 0.3) is 0 Å². The molecule has 1 aliphatic carbocycles. The fourth-order valence-electron chi connectivity index (χ4n) is 4.78. The van der Waals surface area contributed by atoms with E-state index in [1.807, 2.05) is 48.5 Å². The summed E-state index contributed by atoms with van der Waals surface area (Å²) in [5, 5.41) is 18.9. The summed E-state index contributed by atoms with van der Waals surface area (Å²) in [4.78, 5) is 2.22. The molecule has 4 aromatic carbocycles. The van der Waals surface area contributed by atoms with Crippen LogP contribution in [0.15, 0.2) is 91.0 Å². The fraction of sp³-hybridized carbons (Fsp3) is 0.172. The molecule has 0 aromatic heterocycles. The molecular weight excluding hydrogens is 394 g/mol. The summed E-state index contributed by atoms with van der Waals surface area (Å²) < 4.78 is 0. The van der Waals surface area contributed by atoms with E-state index >= 15 is 0 Å². The zero-order chi connectivity index (χ0) is 22.3. The van der Waals surface area contributed by atoms with E-state index in [4.69, 9.17) is 0 Å². The predicted molar refractivity (Wildman–Crippen MR) is 131 cm³/mol. The second-order valence-corrected chi connectivity index (χ2v) is 8.89. The largest absolute Gasteiger partial charge is 0.392 e. The molecule has 0 spiro atoms. The van der Waals surface area contributed by atoms with Crippen LogP contribution in [0.3, 0.4) is 0 Å². The van der Waals surface area contributed by atoms with Crippen molar-refractivity contribution in [1.29, 1.82) is 0 Å². The molecule has 0 fully saturated rings. The van der Waals surface area contributed by atoms with Crippen molar-refractivity contribution in [3.05, 3.63) is 113 Å². The van der Waals surface area contributed by atoms with Crippen LogP contribution >= 0.6 is 0 Å². The van der Waals surface area contributed by atoms with Crippen molar-refractivity contribution >= 4 is 17.1 Å². The number of anilines is 3. The Morgan fingerprint density at radius 2 is 1.09 bits per heavy atom. The average molecular weight is 422 g/mol. The lowest BCUT2D eigenvalue weighted by atomic mass is 9.82. The molecule has 0 saturated heterocycles. The van der Waals surface area contributed by atoms with E-state index in [9.17, 15) is 10.2 Å². The Morgan fingerprint density at radius 1 is 0.594 bits per heavy atom. The number of aliphatic hydroxyl groups is 2. The van der Waals surface area contributed by atoms with Crippen LogP contribution in [-0.4, -0.2) is 10.2 Å². The molecule has 3 heteroatoms. The standard InChI is InChI=1S/C29H27NO2/c1-29(2)27-6-4-3-5-25(27)26-16-15-24(17-28(26)29)30(22-11-7-20(18-31)8-12-22)23-13-9-21(19-32)10-14-23/h3-17,31-32H,18-19H2,1-2H3. The van der Waals surface area contributed by atoms with Gasteiger partial charge in [0.1, 0.15) is 0 Å². The Balaban J connectivity index is 1.66. The van der Waals surface area contributed by atoms with E-state index in [0.717, 1.165) is 28.2 Å². The average Bonchev–Trinajstić information content (AvgIpc) is 3.07. The number of nitrogens with zero attached hydrogens (tertiary/aromatic N) is 1. The minimum absolute atomic E-state index is 0.0246. The summed E-state index contributed by atoms with van der Waals surface area (Å²) >= 11 is 0. The van der Waals surface area contributed by atoms with Crippen LogP contribution in [0.25, 0.3) is 11.1 Å². The minimum Gasteiger partial charge on any atom is -0.392 e. The molecule has 0 amide bonds. The van der Waals surface area contributed by atoms with Gasteiger partial charge in [-0.2, -0.15) is 0 Å². The van der Waals surface area contributed by atoms with E-state index in [0.29, 0.717) is 0 Å². The number of aliphatic hydroxyl groups excluding tert-OH is 2. The zero-order valence-electron chi connectivity index (χ0n) is 18.4. The summed E-state index contributed by atoms with van der Waals surface area (Å²) in [6, 6.07) is 31.4. The molecular formula is C29H27NO2. The van der Waals surface area contributed by atoms with Gasteiger partial charge in [0.2, 0.25) is 0 Å². The molecule has 0 unspecified atom stereocenters. The Morgan fingerprint density at radius 3 is 1.66 bits per heavy atom. The first-order valence-electron chi connectivity index (χ1n) is 11.0. The number of benzene rings is 4. The first-order valence-corrected chi connectivity index (χ1v) is 11.0. The van der Waals surface area contributed by atoms with Crippen LogP contribution in [0.5, 0.6) is 0 Å². The summed E-state index contributed by atoms with van der Waals surface area (Å²) in [5.41, 5.74) is 10.1. The summed E-state index contributed by atoms with van der Waals surface area (Å²) in [7, 11) is 0. The third kappa shape index (κ3) is 3.31. The van der Waals surface area contributed by atoms with Gasteiger partial charge in [0.05, 0.1) is 13.2 Å². The summed E-state index contributed by atoms with van der Waals surface area (Å²) in [6.07, 6.45) is 0. The Bertz CT molecular complexity index is 1210. The van der Waals surface area contributed by atoms with Crippen LogP contribution in [-0.2, 0) is 18.6 Å². The van der Waals surface area contributed by atoms with Gasteiger partial charge < -0.3 is 15.1 Å². The van der Waals surface area contributed by atoms with Gasteiger partial charge in [-0.15, -0.1) is 0 Å². The second kappa shape index (κ2) is 7.94. The highest BCUT2D eigenvalue weighted by molar-refractivity contribution is 5.85. The van der Waals surface area contributed by atoms with Crippen LogP contribution in [0.4, 0.5) is 17.1 Å². The molecule has 0 saturated carbocycles. The highest BCUT2D eigenvalue weighted by Crippen LogP contribution is 2.50. The number of fused-ring (bicyclic) bond motifs is 3. The smallest absolute Gasteiger partial charge is 0.0681 e. The van der Waals surface area contributed by atoms with Crippen molar-refractivity contribution in [1.82, 2.24) is 0 Å². The van der Waals surface area contributed by atoms with Crippen LogP contribution in [0.1, 0.15) is 36.1 Å². The predicted octanol–water partition coefficient (Wildman–Crippen LogP) is 6.45. The lowest BCUT2D eigenvalue weighted by Crippen LogP contribution is -2.16. The second-order valence-electron chi connectivity index (χ2n) is 8.89. The van der Waals surface area contributed by atoms with Crippen LogP contribution in [0, 0.1) is 0 Å². The van der Waals surface area contributed by atoms with Gasteiger partial charge in [-0.05, 0) is 69.8 Å². The Hall–Kier alpha value is -3.40. The molecule has 0 radical (unpaired) electrons. The van der Waals surface area contributed by atoms with Gasteiger partial charge in [-0.1, -0.05) is 68.4 Å². The molecule has 2 N–H and O–H groups in total. The Kier molecular flexibility index (Phi) is 5.09. The third-order valence-electron chi connectivity index (χ3n) is 6.58. The molecule has 32 heavy (non-hydrogen) atoms. The van der Waals surface area contributed by atoms with Gasteiger partial charge in [0, 0.05) is 22.5 Å². The molecule has 1 aliphatic rings. The third-order valence-corrected chi connectivity index (χ3v) is 6.58. The van der Waals surface area contributed by atoms with Gasteiger partial charge in [-0.25, -0.2) is 0 Å². The van der Waals surface area contributed by atoms with Crippen molar-refractivity contribution in [2.75, 3.05) is 4.90 Å². The molecule has 0 heterocycles. The van der Waals surface area contributed by atoms with Crippen molar-refractivity contribution in [2.24, 2.45) is 0 Å².